The summed E-state index contributed by atoms with van der Waals surface area (Å²) in [6, 6.07) is 14.9. The van der Waals surface area contributed by atoms with Crippen molar-refractivity contribution in [1.29, 1.82) is 0 Å². The maximum Gasteiger partial charge on any atom is 0.315 e. The minimum absolute atomic E-state index is 0.125. The van der Waals surface area contributed by atoms with Crippen LogP contribution < -0.4 is 10.1 Å². The summed E-state index contributed by atoms with van der Waals surface area (Å²) in [6.07, 6.45) is 0. The average Bonchev–Trinajstić information content (AvgIpc) is 2.94. The Hall–Kier alpha value is -2.47. The number of amides is 1. The molecule has 130 valence electrons. The molecular formula is C19H19NO4S. The third-order valence-corrected chi connectivity index (χ3v) is 5.40. The highest BCUT2D eigenvalue weighted by Gasteiger charge is 2.45. The molecule has 0 saturated heterocycles. The van der Waals surface area contributed by atoms with Crippen LogP contribution in [0.25, 0.3) is 0 Å². The Balaban J connectivity index is 2.06. The number of thioether (sulfide) groups is 1. The fourth-order valence-electron chi connectivity index (χ4n) is 2.92. The summed E-state index contributed by atoms with van der Waals surface area (Å²) in [5.41, 5.74) is 2.30. The summed E-state index contributed by atoms with van der Waals surface area (Å²) < 4.78 is 10.4. The monoisotopic (exact) mass is 357 g/mol. The predicted molar refractivity (Wildman–Crippen MR) is 96.8 cm³/mol. The maximum atomic E-state index is 12.5. The van der Waals surface area contributed by atoms with Gasteiger partial charge in [-0.3, -0.25) is 9.59 Å². The predicted octanol–water partition coefficient (Wildman–Crippen LogP) is 2.94. The second-order valence-electron chi connectivity index (χ2n) is 5.51. The van der Waals surface area contributed by atoms with Gasteiger partial charge in [0.25, 0.3) is 5.91 Å². The third-order valence-electron chi connectivity index (χ3n) is 4.03. The number of ether oxygens (including phenoxy) is 2. The van der Waals surface area contributed by atoms with Crippen molar-refractivity contribution in [2.45, 2.75) is 11.8 Å². The van der Waals surface area contributed by atoms with E-state index in [1.54, 1.807) is 20.1 Å². The van der Waals surface area contributed by atoms with E-state index in [2.05, 4.69) is 5.32 Å². The summed E-state index contributed by atoms with van der Waals surface area (Å²) in [4.78, 5) is 23.6. The van der Waals surface area contributed by atoms with Crippen molar-refractivity contribution in [2.75, 3.05) is 19.5 Å². The number of fused-ring (bicyclic) bond motifs is 1. The van der Waals surface area contributed by atoms with Gasteiger partial charge >= 0.3 is 5.97 Å². The van der Waals surface area contributed by atoms with E-state index >= 15 is 0 Å². The molecule has 0 aliphatic carbocycles. The molecule has 1 aliphatic heterocycles. The molecule has 1 N–H and O–H groups in total. The van der Waals surface area contributed by atoms with Gasteiger partial charge in [-0.15, -0.1) is 11.8 Å². The van der Waals surface area contributed by atoms with Crippen LogP contribution in [0.5, 0.6) is 5.75 Å². The molecule has 0 fully saturated rings. The van der Waals surface area contributed by atoms with Crippen molar-refractivity contribution in [3.05, 3.63) is 65.2 Å². The van der Waals surface area contributed by atoms with E-state index in [1.807, 2.05) is 42.5 Å². The molecule has 0 spiro atoms. The van der Waals surface area contributed by atoms with Crippen LogP contribution in [0.15, 0.2) is 48.5 Å². The lowest BCUT2D eigenvalue weighted by atomic mass is 9.97. The third kappa shape index (κ3) is 3.22. The van der Waals surface area contributed by atoms with Crippen LogP contribution in [0.4, 0.5) is 0 Å². The molecule has 0 saturated carbocycles. The quantitative estimate of drug-likeness (QED) is 0.806. The van der Waals surface area contributed by atoms with Gasteiger partial charge in [0.2, 0.25) is 0 Å². The largest absolute Gasteiger partial charge is 0.497 e. The van der Waals surface area contributed by atoms with Crippen LogP contribution in [0.3, 0.4) is 0 Å². The Bertz CT molecular complexity index is 808. The van der Waals surface area contributed by atoms with Gasteiger partial charge in [0, 0.05) is 11.1 Å². The summed E-state index contributed by atoms with van der Waals surface area (Å²) in [6.45, 7) is 2.10. The van der Waals surface area contributed by atoms with Gasteiger partial charge in [-0.05, 0) is 30.7 Å². The molecule has 0 unspecified atom stereocenters. The van der Waals surface area contributed by atoms with Crippen molar-refractivity contribution < 1.29 is 19.1 Å². The summed E-state index contributed by atoms with van der Waals surface area (Å²) in [7, 11) is 1.60. The Morgan fingerprint density at radius 3 is 2.76 bits per heavy atom. The van der Waals surface area contributed by atoms with E-state index in [-0.39, 0.29) is 17.6 Å². The van der Waals surface area contributed by atoms with Crippen LogP contribution in [0, 0.1) is 0 Å². The van der Waals surface area contributed by atoms with Crippen LogP contribution in [-0.4, -0.2) is 31.3 Å². The molecule has 3 rings (SSSR count). The van der Waals surface area contributed by atoms with E-state index in [1.165, 1.54) is 11.8 Å². The topological polar surface area (TPSA) is 64.6 Å². The Labute approximate surface area is 150 Å². The number of hydrogen-bond acceptors (Lipinski definition) is 5. The highest BCUT2D eigenvalue weighted by molar-refractivity contribution is 8.01. The van der Waals surface area contributed by atoms with Gasteiger partial charge in [-0.25, -0.2) is 0 Å². The fourth-order valence-corrected chi connectivity index (χ4v) is 4.13. The second kappa shape index (κ2) is 7.19. The maximum absolute atomic E-state index is 12.5. The first-order valence-electron chi connectivity index (χ1n) is 7.97. The Morgan fingerprint density at radius 2 is 2.00 bits per heavy atom. The molecule has 1 aliphatic rings. The number of carbonyl (C=O) groups excluding carboxylic acids is 2. The van der Waals surface area contributed by atoms with Crippen molar-refractivity contribution in [3.63, 3.8) is 0 Å². The number of benzene rings is 2. The Morgan fingerprint density at radius 1 is 1.20 bits per heavy atom. The first kappa shape index (κ1) is 17.4. The number of methoxy groups -OCH3 is 1. The van der Waals surface area contributed by atoms with Crippen molar-refractivity contribution >= 4 is 23.6 Å². The Kier molecular flexibility index (Phi) is 4.99. The van der Waals surface area contributed by atoms with E-state index in [0.717, 1.165) is 11.1 Å². The summed E-state index contributed by atoms with van der Waals surface area (Å²) in [5.74, 6) is 0.343. The molecule has 1 amide bonds. The van der Waals surface area contributed by atoms with E-state index in [4.69, 9.17) is 9.47 Å². The van der Waals surface area contributed by atoms with Gasteiger partial charge in [0.05, 0.1) is 19.5 Å². The second-order valence-corrected chi connectivity index (χ2v) is 6.70. The zero-order valence-corrected chi connectivity index (χ0v) is 14.9. The van der Waals surface area contributed by atoms with Crippen LogP contribution in [0.2, 0.25) is 0 Å². The molecule has 25 heavy (non-hydrogen) atoms. The lowest BCUT2D eigenvalue weighted by molar-refractivity contribution is -0.139. The standard InChI is InChI=1S/C19H19NO4S/c1-3-24-17(21)12-25-19(13-7-6-8-14(11-13)23-2)16-10-5-4-9-15(16)18(22)20-19/h4-11H,3,12H2,1-2H3,(H,20,22)/t19-/m0/s1. The van der Waals surface area contributed by atoms with Crippen LogP contribution in [0.1, 0.15) is 28.4 Å². The molecule has 0 bridgehead atoms. The average molecular weight is 357 g/mol. The first-order valence-corrected chi connectivity index (χ1v) is 8.95. The molecule has 0 aromatic heterocycles. The van der Waals surface area contributed by atoms with Crippen LogP contribution in [-0.2, 0) is 14.4 Å². The zero-order chi connectivity index (χ0) is 17.9. The van der Waals surface area contributed by atoms with E-state index in [0.29, 0.717) is 17.9 Å². The smallest absolute Gasteiger partial charge is 0.315 e. The highest BCUT2D eigenvalue weighted by Crippen LogP contribution is 2.46. The van der Waals surface area contributed by atoms with Crippen molar-refractivity contribution in [3.8, 4) is 5.75 Å². The SMILES string of the molecule is CCOC(=O)CS[C@]1(c2cccc(OC)c2)NC(=O)c2ccccc21. The van der Waals surface area contributed by atoms with Gasteiger partial charge in [-0.2, -0.15) is 0 Å². The lowest BCUT2D eigenvalue weighted by Crippen LogP contribution is -2.38. The van der Waals surface area contributed by atoms with Gasteiger partial charge in [0.15, 0.2) is 0 Å². The van der Waals surface area contributed by atoms with Gasteiger partial charge in [0.1, 0.15) is 10.6 Å². The molecule has 2 aromatic rings. The minimum atomic E-state index is -0.852. The lowest BCUT2D eigenvalue weighted by Gasteiger charge is -2.30. The van der Waals surface area contributed by atoms with Crippen molar-refractivity contribution in [1.82, 2.24) is 5.32 Å². The number of nitrogens with one attached hydrogen (secondary N) is 1. The zero-order valence-electron chi connectivity index (χ0n) is 14.1. The molecule has 1 heterocycles. The number of rotatable bonds is 6. The van der Waals surface area contributed by atoms with Crippen molar-refractivity contribution in [2.24, 2.45) is 0 Å². The van der Waals surface area contributed by atoms with E-state index in [9.17, 15) is 9.59 Å². The minimum Gasteiger partial charge on any atom is -0.497 e. The normalized spacial score (nSPS) is 18.4. The molecule has 0 radical (unpaired) electrons. The van der Waals surface area contributed by atoms with Gasteiger partial charge < -0.3 is 14.8 Å². The highest BCUT2D eigenvalue weighted by atomic mass is 32.2. The summed E-state index contributed by atoms with van der Waals surface area (Å²) >= 11 is 1.34. The van der Waals surface area contributed by atoms with Gasteiger partial charge in [-0.1, -0.05) is 30.3 Å². The molecule has 5 nitrogen and oxygen atoms in total. The molecule has 2 aromatic carbocycles. The molecular weight excluding hydrogens is 338 g/mol. The fraction of sp³-hybridized carbons (Fsp3) is 0.263. The number of esters is 1. The number of carbonyl (C=O) groups is 2. The molecule has 6 heteroatoms. The number of hydrogen-bond donors (Lipinski definition) is 1. The first-order chi connectivity index (χ1) is 12.1. The molecule has 1 atom stereocenters. The summed E-state index contributed by atoms with van der Waals surface area (Å²) in [5, 5.41) is 3.06. The van der Waals surface area contributed by atoms with Crippen LogP contribution >= 0.6 is 11.8 Å². The van der Waals surface area contributed by atoms with E-state index < -0.39 is 4.87 Å².